The first-order chi connectivity index (χ1) is 15.8. The van der Waals surface area contributed by atoms with Crippen LogP contribution in [0.5, 0.6) is 0 Å². The summed E-state index contributed by atoms with van der Waals surface area (Å²) in [5.74, 6) is 0. The number of benzene rings is 4. The van der Waals surface area contributed by atoms with Crippen molar-refractivity contribution in [2.45, 2.75) is 0 Å². The van der Waals surface area contributed by atoms with Crippen molar-refractivity contribution < 1.29 is 50.6 Å². The molecule has 1 atom stereocenters. The molecule has 4 aromatic rings. The Kier molecular flexibility index (Phi) is 8.69. The minimum atomic E-state index is -1.64. The predicted molar refractivity (Wildman–Crippen MR) is 124 cm³/mol. The van der Waals surface area contributed by atoms with E-state index in [2.05, 4.69) is 121 Å². The topological polar surface area (TPSA) is 0 Å². The molecule has 0 aromatic heterocycles. The van der Waals surface area contributed by atoms with Gasteiger partial charge in [0.2, 0.25) is 0 Å². The molecule has 1 unspecified atom stereocenters. The molecule has 0 amide bonds. The van der Waals surface area contributed by atoms with Gasteiger partial charge in [-0.1, -0.05) is 0 Å². The van der Waals surface area contributed by atoms with Crippen molar-refractivity contribution in [3.63, 3.8) is 0 Å². The van der Waals surface area contributed by atoms with Gasteiger partial charge in [0.05, 0.1) is 0 Å². The zero-order valence-electron chi connectivity index (χ0n) is 16.4. The van der Waals surface area contributed by atoms with Crippen molar-refractivity contribution in [2.24, 2.45) is 0 Å². The Hall–Kier alpha value is 0.498. The molecule has 1 fully saturated rings. The Balaban J connectivity index is 1.66. The number of hydrogen-bond donors (Lipinski definition) is 0. The van der Waals surface area contributed by atoms with E-state index in [0.717, 1.165) is 0 Å². The molecule has 8 heteroatoms. The average Bonchev–Trinajstić information content (AvgIpc) is 3.23. The first kappa shape index (κ1) is 24.2. The molecular formula is C24H20ClNi5P2. The van der Waals surface area contributed by atoms with Gasteiger partial charge in [-0.3, -0.25) is 0 Å². The van der Waals surface area contributed by atoms with Crippen molar-refractivity contribution >= 4 is 44.8 Å². The second-order valence-electron chi connectivity index (χ2n) is 6.31. The SMILES string of the molecule is [Cl][Ni]1([P](c2ccccc2)c2ccccc2)[Ni][Ni][Ni][Ni]1[P](c1ccccc1)c1ccccc1. The second-order valence-corrected chi connectivity index (χ2v) is 37.6. The van der Waals surface area contributed by atoms with Crippen molar-refractivity contribution in [3.05, 3.63) is 121 Å². The Labute approximate surface area is 214 Å². The molecule has 1 aliphatic heterocycles. The Bertz CT molecular complexity index is 1060. The van der Waals surface area contributed by atoms with Crippen LogP contribution in [0, 0.1) is 0 Å². The summed E-state index contributed by atoms with van der Waals surface area (Å²) in [7, 11) is 6.17. The van der Waals surface area contributed by atoms with Gasteiger partial charge in [-0.2, -0.15) is 0 Å². The summed E-state index contributed by atoms with van der Waals surface area (Å²) in [5.41, 5.74) is 0. The van der Waals surface area contributed by atoms with Gasteiger partial charge in [0.15, 0.2) is 0 Å². The van der Waals surface area contributed by atoms with Gasteiger partial charge in [-0.15, -0.1) is 0 Å². The summed E-state index contributed by atoms with van der Waals surface area (Å²) in [6.45, 7) is -1.20. The van der Waals surface area contributed by atoms with E-state index < -0.39 is 21.1 Å². The van der Waals surface area contributed by atoms with Gasteiger partial charge in [-0.25, -0.2) is 0 Å². The van der Waals surface area contributed by atoms with Crippen LogP contribution in [0.15, 0.2) is 121 Å². The van der Waals surface area contributed by atoms with Gasteiger partial charge >= 0.3 is 217 Å². The summed E-state index contributed by atoms with van der Waals surface area (Å²) in [6.07, 6.45) is 0. The van der Waals surface area contributed by atoms with E-state index in [-0.39, 0.29) is 9.63 Å². The third-order valence-electron chi connectivity index (χ3n) is 4.27. The van der Waals surface area contributed by atoms with E-state index in [9.17, 15) is 0 Å². The van der Waals surface area contributed by atoms with Gasteiger partial charge in [0.1, 0.15) is 0 Å². The molecule has 1 heterocycles. The molecule has 0 radical (unpaired) electrons. The van der Waals surface area contributed by atoms with Crippen LogP contribution in [-0.2, 0) is 50.6 Å². The molecule has 0 spiro atoms. The van der Waals surface area contributed by atoms with Crippen LogP contribution in [0.2, 0.25) is 0 Å². The van der Waals surface area contributed by atoms with Gasteiger partial charge in [0.25, 0.3) is 0 Å². The molecule has 0 bridgehead atoms. The fourth-order valence-corrected chi connectivity index (χ4v) is 80.9. The fourth-order valence-electron chi connectivity index (χ4n) is 2.92. The molecule has 183 valence electrons. The molecule has 0 nitrogen and oxygen atoms in total. The zero-order valence-corrected chi connectivity index (χ0v) is 23.9. The average molecular weight is 699 g/mol. The molecule has 0 aliphatic carbocycles. The zero-order chi connectivity index (χ0) is 21.8. The minimum absolute atomic E-state index is 0.151. The van der Waals surface area contributed by atoms with Crippen LogP contribution < -0.4 is 21.2 Å². The van der Waals surface area contributed by atoms with Crippen LogP contribution in [0.3, 0.4) is 0 Å². The number of rotatable bonds is 6. The first-order valence-electron chi connectivity index (χ1n) is 9.44. The molecule has 0 saturated carbocycles. The predicted octanol–water partition coefficient (Wildman–Crippen LogP) is 5.84. The number of halogens is 1. The van der Waals surface area contributed by atoms with Crippen molar-refractivity contribution in [3.8, 4) is 0 Å². The Morgan fingerprint density at radius 3 is 1.34 bits per heavy atom. The monoisotopic (exact) mass is 695 g/mol. The molecule has 1 saturated heterocycles. The standard InChI is InChI=1S/2C12H10P.ClH.5Ni/c2*1-3-7-11(8-4-1)13-12-9-5-2-6-10-12;;;;;;/h2*1-10H;1H;;;;;/q2*-1;;;;;+1;+2/p-1. The molecule has 4 aromatic carbocycles. The van der Waals surface area contributed by atoms with E-state index in [4.69, 9.17) is 10.2 Å². The third-order valence-corrected chi connectivity index (χ3v) is 57.9. The summed E-state index contributed by atoms with van der Waals surface area (Å²) in [5, 5.41) is 5.67. The Morgan fingerprint density at radius 1 is 0.562 bits per heavy atom. The third kappa shape index (κ3) is 5.19. The van der Waals surface area contributed by atoms with Gasteiger partial charge in [0, 0.05) is 0 Å². The van der Waals surface area contributed by atoms with Crippen molar-refractivity contribution in [1.82, 2.24) is 0 Å². The molecule has 32 heavy (non-hydrogen) atoms. The van der Waals surface area contributed by atoms with E-state index in [1.165, 1.54) is 21.2 Å². The normalized spacial score (nSPS) is 22.3. The van der Waals surface area contributed by atoms with Crippen molar-refractivity contribution in [2.75, 3.05) is 0 Å². The van der Waals surface area contributed by atoms with Crippen LogP contribution in [-0.4, -0.2) is 0 Å². The van der Waals surface area contributed by atoms with E-state index >= 15 is 0 Å². The molecule has 1 aliphatic rings. The van der Waals surface area contributed by atoms with Gasteiger partial charge in [-0.05, 0) is 0 Å². The van der Waals surface area contributed by atoms with E-state index in [1.807, 2.05) is 11.1 Å². The van der Waals surface area contributed by atoms with Crippen LogP contribution in [0.1, 0.15) is 0 Å². The van der Waals surface area contributed by atoms with E-state index in [0.29, 0.717) is 0 Å². The first-order valence-corrected chi connectivity index (χ1v) is 23.8. The summed E-state index contributed by atoms with van der Waals surface area (Å²) in [4.78, 5) is 0. The maximum atomic E-state index is 7.96. The van der Waals surface area contributed by atoms with Crippen LogP contribution in [0.25, 0.3) is 0 Å². The molecule has 0 N–H and O–H groups in total. The number of hydrogen-bond acceptors (Lipinski definition) is 0. The van der Waals surface area contributed by atoms with Crippen LogP contribution >= 0.6 is 23.6 Å². The van der Waals surface area contributed by atoms with Gasteiger partial charge < -0.3 is 0 Å². The molecule has 5 rings (SSSR count). The van der Waals surface area contributed by atoms with E-state index in [1.54, 1.807) is 22.2 Å². The van der Waals surface area contributed by atoms with Crippen molar-refractivity contribution in [1.29, 1.82) is 0 Å². The summed E-state index contributed by atoms with van der Waals surface area (Å²) in [6, 6.07) is 44.2. The maximum absolute atomic E-state index is 7.96. The summed E-state index contributed by atoms with van der Waals surface area (Å²) >= 11 is 5.37. The van der Waals surface area contributed by atoms with Crippen LogP contribution in [0.4, 0.5) is 0 Å². The fraction of sp³-hybridized carbons (Fsp3) is 0. The summed E-state index contributed by atoms with van der Waals surface area (Å²) < 4.78 is 0. The molecular weight excluding hydrogens is 679 g/mol. The quantitative estimate of drug-likeness (QED) is 0.175. The second kappa shape index (κ2) is 11.5. The Morgan fingerprint density at radius 2 is 0.938 bits per heavy atom.